The number of sulfonamides is 1. The quantitative estimate of drug-likeness (QED) is 0.827. The Morgan fingerprint density at radius 3 is 2.62 bits per heavy atom. The summed E-state index contributed by atoms with van der Waals surface area (Å²) in [6.45, 7) is 0.970. The molecule has 0 N–H and O–H groups in total. The third-order valence-corrected chi connectivity index (χ3v) is 6.25. The van der Waals surface area contributed by atoms with Gasteiger partial charge in [-0.15, -0.1) is 0 Å². The Kier molecular flexibility index (Phi) is 4.37. The molecule has 5 nitrogen and oxygen atoms in total. The maximum Gasteiger partial charge on any atom is 0.230 e. The topological polar surface area (TPSA) is 57.7 Å². The fourth-order valence-corrected chi connectivity index (χ4v) is 4.58. The molecule has 132 valence electrons. The van der Waals surface area contributed by atoms with E-state index in [4.69, 9.17) is 0 Å². The maximum atomic E-state index is 13.9. The zero-order valence-corrected chi connectivity index (χ0v) is 14.3. The number of nitrogens with zero attached hydrogens (tertiary/aromatic N) is 2. The number of benzene rings is 1. The minimum atomic E-state index is -3.34. The molecular weight excluding hydrogens is 338 g/mol. The van der Waals surface area contributed by atoms with Crippen molar-refractivity contribution in [2.45, 2.75) is 25.8 Å². The molecule has 0 aromatic heterocycles. The molecule has 2 aliphatic heterocycles. The molecule has 24 heavy (non-hydrogen) atoms. The lowest BCUT2D eigenvalue weighted by Crippen LogP contribution is -2.50. The van der Waals surface area contributed by atoms with Crippen LogP contribution in [-0.2, 0) is 21.4 Å². The van der Waals surface area contributed by atoms with Gasteiger partial charge >= 0.3 is 0 Å². The van der Waals surface area contributed by atoms with Crippen molar-refractivity contribution >= 4 is 15.9 Å². The number of hydrogen-bond acceptors (Lipinski definition) is 3. The molecule has 2 fully saturated rings. The highest BCUT2D eigenvalue weighted by Gasteiger charge is 2.50. The number of piperidine rings is 1. The van der Waals surface area contributed by atoms with Crippen LogP contribution in [0.1, 0.15) is 24.8 Å². The summed E-state index contributed by atoms with van der Waals surface area (Å²) < 4.78 is 52.0. The van der Waals surface area contributed by atoms with Gasteiger partial charge < -0.3 is 4.90 Å². The molecule has 1 amide bonds. The molecule has 1 spiro atoms. The van der Waals surface area contributed by atoms with Crippen molar-refractivity contribution in [1.82, 2.24) is 9.21 Å². The second kappa shape index (κ2) is 6.07. The maximum absolute atomic E-state index is 13.9. The summed E-state index contributed by atoms with van der Waals surface area (Å²) in [7, 11) is -3.34. The molecular formula is C16H20F2N2O3S. The number of carbonyl (C=O) groups excluding carboxylic acids is 1. The molecule has 0 aliphatic carbocycles. The van der Waals surface area contributed by atoms with Gasteiger partial charge in [0.15, 0.2) is 11.6 Å². The van der Waals surface area contributed by atoms with E-state index in [-0.39, 0.29) is 24.6 Å². The molecule has 0 saturated carbocycles. The molecule has 2 aliphatic rings. The molecule has 2 heterocycles. The number of rotatable bonds is 3. The third-order valence-electron chi connectivity index (χ3n) is 5.00. The van der Waals surface area contributed by atoms with Gasteiger partial charge in [0.2, 0.25) is 15.9 Å². The van der Waals surface area contributed by atoms with Crippen molar-refractivity contribution in [1.29, 1.82) is 0 Å². The van der Waals surface area contributed by atoms with E-state index < -0.39 is 27.1 Å². The summed E-state index contributed by atoms with van der Waals surface area (Å²) in [6.07, 6.45) is 2.96. The van der Waals surface area contributed by atoms with Crippen LogP contribution in [-0.4, -0.2) is 49.4 Å². The SMILES string of the molecule is CS(=O)(=O)N1CCC2(CCCN(Cc3cccc(F)c3F)C2=O)C1. The summed E-state index contributed by atoms with van der Waals surface area (Å²) in [4.78, 5) is 14.4. The normalized spacial score (nSPS) is 25.6. The Balaban J connectivity index is 1.80. The number of likely N-dealkylation sites (tertiary alicyclic amines) is 1. The molecule has 0 bridgehead atoms. The summed E-state index contributed by atoms with van der Waals surface area (Å²) in [5.74, 6) is -2.03. The van der Waals surface area contributed by atoms with E-state index in [0.717, 1.165) is 18.7 Å². The van der Waals surface area contributed by atoms with Crippen LogP contribution in [0, 0.1) is 17.0 Å². The smallest absolute Gasteiger partial charge is 0.230 e. The van der Waals surface area contributed by atoms with Gasteiger partial charge in [-0.25, -0.2) is 21.5 Å². The monoisotopic (exact) mass is 358 g/mol. The van der Waals surface area contributed by atoms with Crippen LogP contribution in [0.3, 0.4) is 0 Å². The Labute approximate surface area is 140 Å². The van der Waals surface area contributed by atoms with Gasteiger partial charge in [-0.1, -0.05) is 12.1 Å². The highest BCUT2D eigenvalue weighted by atomic mass is 32.2. The molecule has 2 saturated heterocycles. The van der Waals surface area contributed by atoms with Gasteiger partial charge in [0.1, 0.15) is 0 Å². The zero-order chi connectivity index (χ0) is 17.5. The first-order valence-electron chi connectivity index (χ1n) is 7.90. The fraction of sp³-hybridized carbons (Fsp3) is 0.562. The Bertz CT molecular complexity index is 769. The first-order chi connectivity index (χ1) is 11.2. The van der Waals surface area contributed by atoms with Crippen molar-refractivity contribution in [2.24, 2.45) is 5.41 Å². The second-order valence-electron chi connectivity index (χ2n) is 6.67. The van der Waals surface area contributed by atoms with Crippen LogP contribution in [0.5, 0.6) is 0 Å². The van der Waals surface area contributed by atoms with E-state index in [2.05, 4.69) is 0 Å². The molecule has 1 atom stereocenters. The van der Waals surface area contributed by atoms with Gasteiger partial charge in [-0.05, 0) is 25.3 Å². The highest BCUT2D eigenvalue weighted by molar-refractivity contribution is 7.88. The fourth-order valence-electron chi connectivity index (χ4n) is 3.68. The molecule has 0 radical (unpaired) electrons. The predicted molar refractivity (Wildman–Crippen MR) is 84.5 cm³/mol. The van der Waals surface area contributed by atoms with E-state index in [1.165, 1.54) is 21.3 Å². The van der Waals surface area contributed by atoms with Gasteiger partial charge in [0.05, 0.1) is 11.7 Å². The molecule has 1 aromatic rings. The molecule has 1 unspecified atom stereocenters. The summed E-state index contributed by atoms with van der Waals surface area (Å²) >= 11 is 0. The lowest BCUT2D eigenvalue weighted by molar-refractivity contribution is -0.146. The van der Waals surface area contributed by atoms with E-state index >= 15 is 0 Å². The standard InChI is InChI=1S/C16H20F2N2O3S/c1-24(22,23)20-9-7-16(11-20)6-3-8-19(15(16)21)10-12-4-2-5-13(17)14(12)18/h2,4-5H,3,6-11H2,1H3. The number of carbonyl (C=O) groups is 1. The van der Waals surface area contributed by atoms with Crippen LogP contribution in [0.2, 0.25) is 0 Å². The molecule has 8 heteroatoms. The number of amides is 1. The third kappa shape index (κ3) is 3.04. The van der Waals surface area contributed by atoms with E-state index in [1.54, 1.807) is 0 Å². The van der Waals surface area contributed by atoms with Gasteiger partial charge in [-0.2, -0.15) is 0 Å². The van der Waals surface area contributed by atoms with Gasteiger partial charge in [0, 0.05) is 31.7 Å². The minimum Gasteiger partial charge on any atom is -0.338 e. The average Bonchev–Trinajstić information content (AvgIpc) is 2.94. The van der Waals surface area contributed by atoms with Crippen molar-refractivity contribution in [3.63, 3.8) is 0 Å². The van der Waals surface area contributed by atoms with Crippen LogP contribution in [0.4, 0.5) is 8.78 Å². The molecule has 1 aromatic carbocycles. The summed E-state index contributed by atoms with van der Waals surface area (Å²) in [6, 6.07) is 3.92. The van der Waals surface area contributed by atoms with Crippen molar-refractivity contribution in [3.05, 3.63) is 35.4 Å². The number of halogens is 2. The predicted octanol–water partition coefficient (Wildman–Crippen LogP) is 1.74. The second-order valence-corrected chi connectivity index (χ2v) is 8.65. The van der Waals surface area contributed by atoms with Crippen molar-refractivity contribution < 1.29 is 22.0 Å². The summed E-state index contributed by atoms with van der Waals surface area (Å²) in [5, 5.41) is 0. The average molecular weight is 358 g/mol. The Hall–Kier alpha value is -1.54. The van der Waals surface area contributed by atoms with E-state index in [9.17, 15) is 22.0 Å². The number of hydrogen-bond donors (Lipinski definition) is 0. The lowest BCUT2D eigenvalue weighted by Gasteiger charge is -2.39. The van der Waals surface area contributed by atoms with E-state index in [1.807, 2.05) is 0 Å². The van der Waals surface area contributed by atoms with E-state index in [0.29, 0.717) is 25.9 Å². The highest BCUT2D eigenvalue weighted by Crippen LogP contribution is 2.41. The van der Waals surface area contributed by atoms with Crippen molar-refractivity contribution in [2.75, 3.05) is 25.9 Å². The van der Waals surface area contributed by atoms with Crippen LogP contribution < -0.4 is 0 Å². The van der Waals surface area contributed by atoms with Gasteiger partial charge in [-0.3, -0.25) is 4.79 Å². The molecule has 3 rings (SSSR count). The largest absolute Gasteiger partial charge is 0.338 e. The minimum absolute atomic E-state index is 0.00303. The lowest BCUT2D eigenvalue weighted by atomic mass is 9.78. The summed E-state index contributed by atoms with van der Waals surface area (Å²) in [5.41, 5.74) is -0.594. The van der Waals surface area contributed by atoms with Crippen LogP contribution >= 0.6 is 0 Å². The Morgan fingerprint density at radius 1 is 1.21 bits per heavy atom. The van der Waals surface area contributed by atoms with Crippen LogP contribution in [0.25, 0.3) is 0 Å². The van der Waals surface area contributed by atoms with Crippen molar-refractivity contribution in [3.8, 4) is 0 Å². The first kappa shape index (κ1) is 17.3. The zero-order valence-electron chi connectivity index (χ0n) is 13.5. The van der Waals surface area contributed by atoms with Crippen LogP contribution in [0.15, 0.2) is 18.2 Å². The van der Waals surface area contributed by atoms with Gasteiger partial charge in [0.25, 0.3) is 0 Å². The Morgan fingerprint density at radius 2 is 1.96 bits per heavy atom. The first-order valence-corrected chi connectivity index (χ1v) is 9.75.